The molecule has 0 aliphatic carbocycles. The lowest BCUT2D eigenvalue weighted by molar-refractivity contribution is -0.138. The monoisotopic (exact) mass is 495 g/mol. The van der Waals surface area contributed by atoms with Crippen molar-refractivity contribution in [1.82, 2.24) is 29.1 Å². The minimum atomic E-state index is -1.48. The molecule has 1 saturated heterocycles. The van der Waals surface area contributed by atoms with Crippen LogP contribution in [0.5, 0.6) is 0 Å². The van der Waals surface area contributed by atoms with Gasteiger partial charge in [0.25, 0.3) is 5.56 Å². The number of carboxylic acids is 1. The maximum atomic E-state index is 12.4. The number of nitrogens with zero attached hydrogens (tertiary/aromatic N) is 5. The third-order valence-corrected chi connectivity index (χ3v) is 5.20. The topological polar surface area (TPSA) is 284 Å². The van der Waals surface area contributed by atoms with Crippen LogP contribution < -0.4 is 28.5 Å². The number of anilines is 2. The average Bonchev–Trinajstić information content (AvgIpc) is 3.39. The van der Waals surface area contributed by atoms with E-state index in [1.807, 2.05) is 0 Å². The third kappa shape index (κ3) is 5.44. The first-order valence-electron chi connectivity index (χ1n) is 10.2. The van der Waals surface area contributed by atoms with Gasteiger partial charge in [0.15, 0.2) is 17.7 Å². The number of aromatic nitrogens is 6. The fourth-order valence-corrected chi connectivity index (χ4v) is 3.31. The Labute approximate surface area is 195 Å². The van der Waals surface area contributed by atoms with Gasteiger partial charge in [-0.05, 0) is 6.42 Å². The summed E-state index contributed by atoms with van der Waals surface area (Å²) in [7, 11) is 0. The van der Waals surface area contributed by atoms with Gasteiger partial charge < -0.3 is 47.3 Å². The zero-order valence-electron chi connectivity index (χ0n) is 18.1. The van der Waals surface area contributed by atoms with Crippen LogP contribution in [0, 0.1) is 0 Å². The van der Waals surface area contributed by atoms with Gasteiger partial charge in [-0.2, -0.15) is 9.97 Å². The molecule has 4 rings (SSSR count). The van der Waals surface area contributed by atoms with Gasteiger partial charge >= 0.3 is 11.7 Å². The number of aliphatic hydroxyl groups is 3. The molecule has 0 spiro atoms. The molecular formula is C18H25N9O8. The quantitative estimate of drug-likeness (QED) is 0.161. The molecule has 1 fully saturated rings. The van der Waals surface area contributed by atoms with Crippen LogP contribution in [0.4, 0.5) is 11.8 Å². The van der Waals surface area contributed by atoms with Crippen LogP contribution in [0.1, 0.15) is 12.6 Å². The second-order valence-corrected chi connectivity index (χ2v) is 7.53. The molecule has 0 bridgehead atoms. The van der Waals surface area contributed by atoms with Gasteiger partial charge in [-0.15, -0.1) is 0 Å². The molecule has 17 heteroatoms. The van der Waals surface area contributed by atoms with E-state index in [9.17, 15) is 24.6 Å². The number of H-pyrrole nitrogens is 1. The number of aromatic amines is 1. The number of fused-ring (bicyclic) bond motifs is 1. The highest BCUT2D eigenvalue weighted by molar-refractivity contribution is 5.81. The van der Waals surface area contributed by atoms with Crippen molar-refractivity contribution in [2.75, 3.05) is 18.1 Å². The van der Waals surface area contributed by atoms with Gasteiger partial charge in [0, 0.05) is 18.8 Å². The highest BCUT2D eigenvalue weighted by atomic mass is 16.6. The summed E-state index contributed by atoms with van der Waals surface area (Å²) in [5.41, 5.74) is 15.8. The molecule has 5 atom stereocenters. The SMILES string of the molecule is NC(CCn1c(=O)ccn([C@@H]2O[C@H](CO)[C@@H](O)[C@H]2O)c1=O)C(=O)O.Nc1nc(N)c2[nH]cnc2n1. The molecule has 11 N–H and O–H groups in total. The molecular weight excluding hydrogens is 470 g/mol. The molecule has 3 aromatic heterocycles. The van der Waals surface area contributed by atoms with Gasteiger partial charge in [0.2, 0.25) is 5.95 Å². The number of nitrogens with one attached hydrogen (secondary N) is 1. The Morgan fingerprint density at radius 2 is 1.94 bits per heavy atom. The fraction of sp³-hybridized carbons (Fsp3) is 0.444. The largest absolute Gasteiger partial charge is 0.480 e. The van der Waals surface area contributed by atoms with E-state index in [-0.39, 0.29) is 18.9 Å². The van der Waals surface area contributed by atoms with E-state index in [1.165, 1.54) is 6.33 Å². The van der Waals surface area contributed by atoms with E-state index in [2.05, 4.69) is 19.9 Å². The van der Waals surface area contributed by atoms with Crippen LogP contribution in [0.2, 0.25) is 0 Å². The Morgan fingerprint density at radius 3 is 2.57 bits per heavy atom. The first-order chi connectivity index (χ1) is 16.5. The third-order valence-electron chi connectivity index (χ3n) is 5.20. The predicted octanol–water partition coefficient (Wildman–Crippen LogP) is -4.06. The highest BCUT2D eigenvalue weighted by Gasteiger charge is 2.43. The van der Waals surface area contributed by atoms with E-state index in [1.54, 1.807) is 0 Å². The second-order valence-electron chi connectivity index (χ2n) is 7.53. The summed E-state index contributed by atoms with van der Waals surface area (Å²) in [5, 5.41) is 37.5. The molecule has 1 unspecified atom stereocenters. The van der Waals surface area contributed by atoms with Crippen LogP contribution in [0.3, 0.4) is 0 Å². The van der Waals surface area contributed by atoms with Gasteiger partial charge in [-0.1, -0.05) is 0 Å². The first kappa shape index (κ1) is 25.7. The van der Waals surface area contributed by atoms with Crippen LogP contribution in [0.15, 0.2) is 28.2 Å². The number of aliphatic hydroxyl groups excluding tert-OH is 3. The molecule has 0 radical (unpaired) electrons. The normalized spacial score (nSPS) is 22.5. The molecule has 0 aromatic carbocycles. The summed E-state index contributed by atoms with van der Waals surface area (Å²) in [6.07, 6.45) is -2.79. The number of imidazole rings is 1. The van der Waals surface area contributed by atoms with E-state index in [0.717, 1.165) is 21.4 Å². The van der Waals surface area contributed by atoms with E-state index < -0.39 is 54.4 Å². The summed E-state index contributed by atoms with van der Waals surface area (Å²) < 4.78 is 6.90. The van der Waals surface area contributed by atoms with Crippen LogP contribution in [0.25, 0.3) is 11.2 Å². The number of hydrogen-bond acceptors (Lipinski definition) is 13. The molecule has 1 aliphatic rings. The summed E-state index contributed by atoms with van der Waals surface area (Å²) in [4.78, 5) is 49.2. The minimum absolute atomic E-state index is 0.141. The minimum Gasteiger partial charge on any atom is -0.480 e. The number of rotatable bonds is 6. The lowest BCUT2D eigenvalue weighted by Gasteiger charge is -2.19. The molecule has 1 aliphatic heterocycles. The molecule has 17 nitrogen and oxygen atoms in total. The molecule has 190 valence electrons. The highest BCUT2D eigenvalue weighted by Crippen LogP contribution is 2.27. The molecule has 0 saturated carbocycles. The maximum absolute atomic E-state index is 12.4. The smallest absolute Gasteiger partial charge is 0.333 e. The van der Waals surface area contributed by atoms with Crippen molar-refractivity contribution < 1.29 is 30.0 Å². The standard InChI is InChI=1S/C13H19N3O8.C5H6N6/c14-6(12(21)22)1-3-15-8(18)2-4-16(13(15)23)11-10(20)9(19)7(5-17)24-11;6-3-2-4(9-1-8-2)11-5(7)10-3/h2,4,6-7,9-11,17,19-20H,1,3,5,14H2,(H,21,22);1H,(H5,6,7,8,9,10,11)/t6?,7-,9-,10-,11-;/m1./s1. The molecule has 4 heterocycles. The summed E-state index contributed by atoms with van der Waals surface area (Å²) in [6.45, 7) is -0.794. The predicted molar refractivity (Wildman–Crippen MR) is 119 cm³/mol. The Morgan fingerprint density at radius 1 is 1.23 bits per heavy atom. The molecule has 0 amide bonds. The summed E-state index contributed by atoms with van der Waals surface area (Å²) >= 11 is 0. The Bertz CT molecular complexity index is 1310. The zero-order valence-corrected chi connectivity index (χ0v) is 18.1. The Balaban J connectivity index is 0.000000256. The fourth-order valence-electron chi connectivity index (χ4n) is 3.31. The number of ether oxygens (including phenoxy) is 1. The lowest BCUT2D eigenvalue weighted by atomic mass is 10.1. The van der Waals surface area contributed by atoms with Gasteiger partial charge in [-0.3, -0.25) is 18.7 Å². The zero-order chi connectivity index (χ0) is 25.9. The van der Waals surface area contributed by atoms with Crippen molar-refractivity contribution in [3.63, 3.8) is 0 Å². The van der Waals surface area contributed by atoms with E-state index in [4.69, 9.17) is 32.2 Å². The number of hydrogen-bond donors (Lipinski definition) is 8. The lowest BCUT2D eigenvalue weighted by Crippen LogP contribution is -2.44. The maximum Gasteiger partial charge on any atom is 0.333 e. The van der Waals surface area contributed by atoms with Crippen molar-refractivity contribution in [3.05, 3.63) is 39.4 Å². The number of aliphatic carboxylic acids is 1. The first-order valence-corrected chi connectivity index (χ1v) is 10.2. The van der Waals surface area contributed by atoms with E-state index >= 15 is 0 Å². The number of nitrogens with two attached hydrogens (primary N) is 3. The average molecular weight is 495 g/mol. The van der Waals surface area contributed by atoms with Crippen LogP contribution in [-0.2, 0) is 16.1 Å². The Kier molecular flexibility index (Phi) is 7.77. The van der Waals surface area contributed by atoms with Crippen molar-refractivity contribution in [2.45, 2.75) is 43.5 Å². The number of nitrogen functional groups attached to an aromatic ring is 2. The van der Waals surface area contributed by atoms with E-state index in [0.29, 0.717) is 17.0 Å². The van der Waals surface area contributed by atoms with Gasteiger partial charge in [0.1, 0.15) is 29.9 Å². The second kappa shape index (κ2) is 10.6. The molecule has 3 aromatic rings. The number of carbonyl (C=O) groups is 1. The van der Waals surface area contributed by atoms with Gasteiger partial charge in [-0.25, -0.2) is 9.78 Å². The number of carboxylic acid groups (broad SMARTS) is 1. The van der Waals surface area contributed by atoms with Crippen LogP contribution >= 0.6 is 0 Å². The molecule has 35 heavy (non-hydrogen) atoms. The Hall–Kier alpha value is -3.90. The van der Waals surface area contributed by atoms with Gasteiger partial charge in [0.05, 0.1) is 12.9 Å². The van der Waals surface area contributed by atoms with Crippen molar-refractivity contribution in [3.8, 4) is 0 Å². The van der Waals surface area contributed by atoms with Crippen molar-refractivity contribution in [2.24, 2.45) is 5.73 Å². The summed E-state index contributed by atoms with van der Waals surface area (Å²) in [6, 6.07) is -0.193. The van der Waals surface area contributed by atoms with Crippen molar-refractivity contribution in [1.29, 1.82) is 0 Å². The summed E-state index contributed by atoms with van der Waals surface area (Å²) in [5.74, 6) is -0.796. The van der Waals surface area contributed by atoms with Crippen LogP contribution in [-0.4, -0.2) is 86.4 Å². The van der Waals surface area contributed by atoms with Crippen molar-refractivity contribution >= 4 is 28.9 Å².